The van der Waals surface area contributed by atoms with Crippen LogP contribution < -0.4 is 5.73 Å². The summed E-state index contributed by atoms with van der Waals surface area (Å²) in [6.07, 6.45) is 1.69. The normalized spacial score (nSPS) is 12.4. The third-order valence-corrected chi connectivity index (χ3v) is 3.59. The largest absolute Gasteiger partial charge is 0.327 e. The molecule has 0 saturated carbocycles. The van der Waals surface area contributed by atoms with Crippen molar-refractivity contribution in [1.82, 2.24) is 0 Å². The van der Waals surface area contributed by atoms with Gasteiger partial charge in [0.2, 0.25) is 0 Å². The number of halogens is 1. The number of hydrogen-bond acceptors (Lipinski definition) is 1. The summed E-state index contributed by atoms with van der Waals surface area (Å²) in [5.41, 5.74) is 11.3. The van der Waals surface area contributed by atoms with Crippen molar-refractivity contribution in [2.45, 2.75) is 32.7 Å². The van der Waals surface area contributed by atoms with Crippen LogP contribution in [0.25, 0.3) is 0 Å². The van der Waals surface area contributed by atoms with Crippen LogP contribution in [-0.2, 0) is 12.8 Å². The van der Waals surface area contributed by atoms with E-state index in [1.165, 1.54) is 16.7 Å². The smallest absolute Gasteiger partial charge is 0.0438 e. The molecule has 2 heteroatoms. The van der Waals surface area contributed by atoms with Gasteiger partial charge >= 0.3 is 0 Å². The first-order valence-electron chi connectivity index (χ1n) is 6.61. The average molecular weight is 274 g/mol. The van der Waals surface area contributed by atoms with E-state index in [2.05, 4.69) is 32.0 Å². The lowest BCUT2D eigenvalue weighted by Crippen LogP contribution is -2.25. The second-order valence-corrected chi connectivity index (χ2v) is 5.66. The van der Waals surface area contributed by atoms with Crippen molar-refractivity contribution in [2.24, 2.45) is 5.73 Å². The van der Waals surface area contributed by atoms with Crippen LogP contribution >= 0.6 is 11.6 Å². The Morgan fingerprint density at radius 1 is 1.00 bits per heavy atom. The van der Waals surface area contributed by atoms with E-state index in [9.17, 15) is 0 Å². The highest BCUT2D eigenvalue weighted by molar-refractivity contribution is 6.31. The Morgan fingerprint density at radius 3 is 2.26 bits per heavy atom. The lowest BCUT2D eigenvalue weighted by atomic mass is 9.97. The summed E-state index contributed by atoms with van der Waals surface area (Å²) in [6, 6.07) is 14.6. The molecular weight excluding hydrogens is 254 g/mol. The van der Waals surface area contributed by atoms with E-state index in [0.29, 0.717) is 0 Å². The minimum Gasteiger partial charge on any atom is -0.327 e. The maximum atomic E-state index is 6.25. The molecule has 0 amide bonds. The second-order valence-electron chi connectivity index (χ2n) is 5.26. The topological polar surface area (TPSA) is 26.0 Å². The summed E-state index contributed by atoms with van der Waals surface area (Å²) < 4.78 is 0. The highest BCUT2D eigenvalue weighted by Crippen LogP contribution is 2.18. The van der Waals surface area contributed by atoms with Gasteiger partial charge in [-0.05, 0) is 43.9 Å². The molecule has 0 aliphatic carbocycles. The van der Waals surface area contributed by atoms with Gasteiger partial charge < -0.3 is 5.73 Å². The van der Waals surface area contributed by atoms with Crippen LogP contribution in [0.4, 0.5) is 0 Å². The summed E-state index contributed by atoms with van der Waals surface area (Å²) in [7, 11) is 0. The van der Waals surface area contributed by atoms with Gasteiger partial charge in [0.25, 0.3) is 0 Å². The number of rotatable bonds is 4. The molecule has 1 unspecified atom stereocenters. The molecule has 0 aliphatic heterocycles. The molecule has 19 heavy (non-hydrogen) atoms. The Hall–Kier alpha value is -1.31. The predicted molar refractivity (Wildman–Crippen MR) is 82.8 cm³/mol. The van der Waals surface area contributed by atoms with Crippen LogP contribution in [0.1, 0.15) is 22.3 Å². The summed E-state index contributed by atoms with van der Waals surface area (Å²) in [6.45, 7) is 4.24. The fourth-order valence-electron chi connectivity index (χ4n) is 2.51. The average Bonchev–Trinajstić information content (AvgIpc) is 2.30. The highest BCUT2D eigenvalue weighted by atomic mass is 35.5. The predicted octanol–water partition coefficient (Wildman–Crippen LogP) is 4.07. The zero-order valence-corrected chi connectivity index (χ0v) is 12.2. The first-order chi connectivity index (χ1) is 9.04. The van der Waals surface area contributed by atoms with Gasteiger partial charge in [0, 0.05) is 11.1 Å². The molecule has 2 rings (SSSR count). The van der Waals surface area contributed by atoms with Gasteiger partial charge in [-0.15, -0.1) is 0 Å². The number of benzene rings is 2. The number of hydrogen-bond donors (Lipinski definition) is 1. The van der Waals surface area contributed by atoms with Gasteiger partial charge in [0.1, 0.15) is 0 Å². The molecule has 2 aromatic carbocycles. The van der Waals surface area contributed by atoms with E-state index in [0.717, 1.165) is 23.4 Å². The van der Waals surface area contributed by atoms with Crippen LogP contribution in [0, 0.1) is 13.8 Å². The van der Waals surface area contributed by atoms with Gasteiger partial charge in [-0.1, -0.05) is 59.1 Å². The van der Waals surface area contributed by atoms with Crippen molar-refractivity contribution in [3.63, 3.8) is 0 Å². The minimum atomic E-state index is 0.0982. The fraction of sp³-hybridized carbons (Fsp3) is 0.294. The Bertz CT molecular complexity index is 543. The zero-order chi connectivity index (χ0) is 13.8. The first kappa shape index (κ1) is 14.1. The Kier molecular flexibility index (Phi) is 4.62. The van der Waals surface area contributed by atoms with Gasteiger partial charge in [0.15, 0.2) is 0 Å². The van der Waals surface area contributed by atoms with E-state index >= 15 is 0 Å². The molecule has 0 heterocycles. The van der Waals surface area contributed by atoms with Crippen LogP contribution in [-0.4, -0.2) is 6.04 Å². The van der Waals surface area contributed by atoms with Gasteiger partial charge in [0.05, 0.1) is 0 Å². The third-order valence-electron chi connectivity index (χ3n) is 3.22. The molecular formula is C17H20ClN. The monoisotopic (exact) mass is 273 g/mol. The van der Waals surface area contributed by atoms with Crippen molar-refractivity contribution in [1.29, 1.82) is 0 Å². The van der Waals surface area contributed by atoms with Crippen molar-refractivity contribution in [3.05, 3.63) is 69.7 Å². The standard InChI is InChI=1S/C17H20ClN/c1-12-7-13(2)9-14(8-12)10-16(19)11-15-5-3-4-6-17(15)18/h3-9,16H,10-11,19H2,1-2H3. The second kappa shape index (κ2) is 6.23. The van der Waals surface area contributed by atoms with Crippen LogP contribution in [0.3, 0.4) is 0 Å². The molecule has 1 nitrogen and oxygen atoms in total. The molecule has 0 radical (unpaired) electrons. The lowest BCUT2D eigenvalue weighted by molar-refractivity contribution is 0.664. The number of nitrogens with two attached hydrogens (primary N) is 1. The van der Waals surface area contributed by atoms with E-state index in [-0.39, 0.29) is 6.04 Å². The molecule has 0 aliphatic rings. The Balaban J connectivity index is 2.05. The van der Waals surface area contributed by atoms with Gasteiger partial charge in [-0.3, -0.25) is 0 Å². The Labute approximate surface area is 120 Å². The van der Waals surface area contributed by atoms with E-state index in [4.69, 9.17) is 17.3 Å². The molecule has 1 atom stereocenters. The van der Waals surface area contributed by atoms with Gasteiger partial charge in [-0.25, -0.2) is 0 Å². The van der Waals surface area contributed by atoms with E-state index in [1.807, 2.05) is 24.3 Å². The summed E-state index contributed by atoms with van der Waals surface area (Å²) >= 11 is 6.17. The molecule has 0 bridgehead atoms. The van der Waals surface area contributed by atoms with Crippen LogP contribution in [0.2, 0.25) is 5.02 Å². The molecule has 0 saturated heterocycles. The Morgan fingerprint density at radius 2 is 1.63 bits per heavy atom. The lowest BCUT2D eigenvalue weighted by Gasteiger charge is -2.14. The molecule has 0 spiro atoms. The maximum absolute atomic E-state index is 6.25. The van der Waals surface area contributed by atoms with Crippen molar-refractivity contribution >= 4 is 11.6 Å². The third kappa shape index (κ3) is 4.09. The fourth-order valence-corrected chi connectivity index (χ4v) is 2.72. The molecule has 2 N–H and O–H groups in total. The van der Waals surface area contributed by atoms with E-state index in [1.54, 1.807) is 0 Å². The highest BCUT2D eigenvalue weighted by Gasteiger charge is 2.08. The van der Waals surface area contributed by atoms with Crippen molar-refractivity contribution < 1.29 is 0 Å². The van der Waals surface area contributed by atoms with E-state index < -0.39 is 0 Å². The molecule has 0 aromatic heterocycles. The van der Waals surface area contributed by atoms with Crippen molar-refractivity contribution in [3.8, 4) is 0 Å². The number of aryl methyl sites for hydroxylation is 2. The summed E-state index contributed by atoms with van der Waals surface area (Å²) in [5, 5.41) is 0.804. The molecule has 2 aromatic rings. The van der Waals surface area contributed by atoms with Crippen LogP contribution in [0.5, 0.6) is 0 Å². The van der Waals surface area contributed by atoms with Gasteiger partial charge in [-0.2, -0.15) is 0 Å². The molecule has 100 valence electrons. The van der Waals surface area contributed by atoms with Crippen molar-refractivity contribution in [2.75, 3.05) is 0 Å². The summed E-state index contributed by atoms with van der Waals surface area (Å²) in [4.78, 5) is 0. The zero-order valence-electron chi connectivity index (χ0n) is 11.5. The van der Waals surface area contributed by atoms with Crippen LogP contribution in [0.15, 0.2) is 42.5 Å². The quantitative estimate of drug-likeness (QED) is 0.893. The maximum Gasteiger partial charge on any atom is 0.0438 e. The minimum absolute atomic E-state index is 0.0982. The first-order valence-corrected chi connectivity index (χ1v) is 6.98. The SMILES string of the molecule is Cc1cc(C)cc(CC(N)Cc2ccccc2Cl)c1. The summed E-state index contributed by atoms with van der Waals surface area (Å²) in [5.74, 6) is 0. The molecule has 0 fully saturated rings.